The van der Waals surface area contributed by atoms with E-state index >= 15 is 0 Å². The first-order chi connectivity index (χ1) is 10.1. The zero-order valence-corrected chi connectivity index (χ0v) is 15.1. The summed E-state index contributed by atoms with van der Waals surface area (Å²) in [6.07, 6.45) is 8.33. The molecule has 3 nitrogen and oxygen atoms in total. The van der Waals surface area contributed by atoms with Crippen molar-refractivity contribution in [3.05, 3.63) is 11.6 Å². The summed E-state index contributed by atoms with van der Waals surface area (Å²) in [5, 5.41) is 10.5. The molecule has 0 radical (unpaired) electrons. The molecule has 2 atom stereocenters. The predicted molar refractivity (Wildman–Crippen MR) is 90.6 cm³/mol. The van der Waals surface area contributed by atoms with Crippen molar-refractivity contribution in [3.63, 3.8) is 0 Å². The Morgan fingerprint density at radius 3 is 2.73 bits per heavy atom. The van der Waals surface area contributed by atoms with Crippen LogP contribution in [0.5, 0.6) is 0 Å². The highest BCUT2D eigenvalue weighted by Gasteiger charge is 2.33. The molecule has 0 amide bonds. The molecule has 0 saturated carbocycles. The minimum Gasteiger partial charge on any atom is -0.466 e. The van der Waals surface area contributed by atoms with E-state index in [1.807, 2.05) is 6.08 Å². The smallest absolute Gasteiger partial charge is 0.309 e. The fraction of sp³-hybridized carbons (Fsp3) is 0.842. The van der Waals surface area contributed by atoms with Gasteiger partial charge in [0.05, 0.1) is 18.6 Å². The van der Waals surface area contributed by atoms with E-state index < -0.39 is 5.60 Å². The molecule has 22 heavy (non-hydrogen) atoms. The molecule has 0 saturated heterocycles. The second kappa shape index (κ2) is 8.14. The molecule has 0 spiro atoms. The Balaban J connectivity index is 2.40. The van der Waals surface area contributed by atoms with Gasteiger partial charge in [-0.15, -0.1) is 0 Å². The van der Waals surface area contributed by atoms with Gasteiger partial charge in [-0.1, -0.05) is 52.2 Å². The number of carbonyl (C=O) groups is 1. The van der Waals surface area contributed by atoms with Crippen LogP contribution in [0.25, 0.3) is 0 Å². The Morgan fingerprint density at radius 2 is 2.14 bits per heavy atom. The fourth-order valence-corrected chi connectivity index (χ4v) is 3.19. The van der Waals surface area contributed by atoms with Crippen molar-refractivity contribution in [2.75, 3.05) is 6.61 Å². The minimum absolute atomic E-state index is 0.0861. The van der Waals surface area contributed by atoms with Gasteiger partial charge in [0, 0.05) is 0 Å². The predicted octanol–water partition coefficient (Wildman–Crippen LogP) is 4.63. The van der Waals surface area contributed by atoms with E-state index in [-0.39, 0.29) is 12.4 Å². The second-order valence-corrected chi connectivity index (χ2v) is 8.15. The Bertz CT molecular complexity index is 392. The first kappa shape index (κ1) is 19.2. The van der Waals surface area contributed by atoms with E-state index in [1.165, 1.54) is 24.8 Å². The van der Waals surface area contributed by atoms with Crippen LogP contribution in [0, 0.1) is 11.3 Å². The zero-order chi connectivity index (χ0) is 16.8. The van der Waals surface area contributed by atoms with Gasteiger partial charge in [-0.25, -0.2) is 0 Å². The van der Waals surface area contributed by atoms with Crippen LogP contribution in [-0.4, -0.2) is 23.3 Å². The summed E-state index contributed by atoms with van der Waals surface area (Å²) in [6, 6.07) is 0. The van der Waals surface area contributed by atoms with Crippen molar-refractivity contribution in [1.29, 1.82) is 0 Å². The van der Waals surface area contributed by atoms with E-state index in [9.17, 15) is 9.90 Å². The summed E-state index contributed by atoms with van der Waals surface area (Å²) >= 11 is 0. The molecule has 0 aromatic carbocycles. The van der Waals surface area contributed by atoms with Crippen molar-refractivity contribution >= 4 is 5.97 Å². The molecule has 0 heterocycles. The first-order valence-electron chi connectivity index (χ1n) is 8.72. The van der Waals surface area contributed by atoms with Gasteiger partial charge in [0.25, 0.3) is 0 Å². The molecular formula is C19H34O3. The van der Waals surface area contributed by atoms with Crippen LogP contribution in [0.1, 0.15) is 79.6 Å². The largest absolute Gasteiger partial charge is 0.466 e. The molecule has 3 heteroatoms. The topological polar surface area (TPSA) is 46.5 Å². The molecule has 1 N–H and O–H groups in total. The number of hydrogen-bond acceptors (Lipinski definition) is 3. The zero-order valence-electron chi connectivity index (χ0n) is 15.1. The van der Waals surface area contributed by atoms with Gasteiger partial charge in [0.15, 0.2) is 0 Å². The number of hydrogen-bond donors (Lipinski definition) is 1. The fourth-order valence-electron chi connectivity index (χ4n) is 3.19. The van der Waals surface area contributed by atoms with Crippen LogP contribution in [0.3, 0.4) is 0 Å². The molecule has 0 fully saturated rings. The van der Waals surface area contributed by atoms with Crippen LogP contribution >= 0.6 is 0 Å². The van der Waals surface area contributed by atoms with Crippen LogP contribution in [0.4, 0.5) is 0 Å². The monoisotopic (exact) mass is 310 g/mol. The Morgan fingerprint density at radius 1 is 1.45 bits per heavy atom. The lowest BCUT2D eigenvalue weighted by Crippen LogP contribution is -2.27. The highest BCUT2D eigenvalue weighted by Crippen LogP contribution is 2.35. The van der Waals surface area contributed by atoms with Crippen molar-refractivity contribution in [2.24, 2.45) is 11.3 Å². The summed E-state index contributed by atoms with van der Waals surface area (Å²) in [7, 11) is 0. The summed E-state index contributed by atoms with van der Waals surface area (Å²) in [6.45, 7) is 11.3. The standard InChI is InChI=1S/C19H34O3/c1-6-22-17(20)14-19(21)11-9-16(13-19)12-15(2)8-7-10-18(3,4)5/h13,15,21H,6-12,14H2,1-5H3. The minimum atomic E-state index is -0.979. The van der Waals surface area contributed by atoms with Crippen molar-refractivity contribution < 1.29 is 14.6 Å². The van der Waals surface area contributed by atoms with E-state index in [4.69, 9.17) is 4.74 Å². The maximum atomic E-state index is 11.6. The van der Waals surface area contributed by atoms with Gasteiger partial charge in [-0.2, -0.15) is 0 Å². The van der Waals surface area contributed by atoms with Gasteiger partial charge >= 0.3 is 5.97 Å². The van der Waals surface area contributed by atoms with E-state index in [0.29, 0.717) is 24.4 Å². The third kappa shape index (κ3) is 7.44. The van der Waals surface area contributed by atoms with Crippen LogP contribution in [-0.2, 0) is 9.53 Å². The Hall–Kier alpha value is -0.830. The average molecular weight is 310 g/mol. The number of carbonyl (C=O) groups excluding carboxylic acids is 1. The number of aliphatic hydroxyl groups is 1. The van der Waals surface area contributed by atoms with E-state index in [2.05, 4.69) is 27.7 Å². The lowest BCUT2D eigenvalue weighted by atomic mass is 9.87. The lowest BCUT2D eigenvalue weighted by Gasteiger charge is -2.19. The molecule has 0 aromatic heterocycles. The molecule has 0 aliphatic heterocycles. The molecule has 1 aliphatic rings. The first-order valence-corrected chi connectivity index (χ1v) is 8.72. The van der Waals surface area contributed by atoms with E-state index in [0.717, 1.165) is 12.8 Å². The highest BCUT2D eigenvalue weighted by atomic mass is 16.5. The molecule has 0 aromatic rings. The molecular weight excluding hydrogens is 276 g/mol. The summed E-state index contributed by atoms with van der Waals surface area (Å²) in [4.78, 5) is 11.6. The third-order valence-corrected chi connectivity index (χ3v) is 4.34. The maximum Gasteiger partial charge on any atom is 0.309 e. The van der Waals surface area contributed by atoms with Gasteiger partial charge < -0.3 is 9.84 Å². The van der Waals surface area contributed by atoms with Crippen molar-refractivity contribution in [1.82, 2.24) is 0 Å². The summed E-state index contributed by atoms with van der Waals surface area (Å²) < 4.78 is 4.94. The normalized spacial score (nSPS) is 23.3. The molecule has 2 unspecified atom stereocenters. The number of allylic oxidation sites excluding steroid dienone is 1. The van der Waals surface area contributed by atoms with Crippen molar-refractivity contribution in [2.45, 2.75) is 85.2 Å². The van der Waals surface area contributed by atoms with Crippen LogP contribution < -0.4 is 0 Å². The van der Waals surface area contributed by atoms with Crippen LogP contribution in [0.15, 0.2) is 11.6 Å². The molecule has 0 bridgehead atoms. The summed E-state index contributed by atoms with van der Waals surface area (Å²) in [5.74, 6) is 0.333. The number of rotatable bonds is 8. The van der Waals surface area contributed by atoms with E-state index in [1.54, 1.807) is 6.92 Å². The van der Waals surface area contributed by atoms with Gasteiger partial charge in [0.1, 0.15) is 0 Å². The number of esters is 1. The Kier molecular flexibility index (Phi) is 7.11. The van der Waals surface area contributed by atoms with Gasteiger partial charge in [-0.05, 0) is 43.9 Å². The average Bonchev–Trinajstić information content (AvgIpc) is 2.68. The maximum absolute atomic E-state index is 11.6. The van der Waals surface area contributed by atoms with Crippen molar-refractivity contribution in [3.8, 4) is 0 Å². The van der Waals surface area contributed by atoms with Gasteiger partial charge in [-0.3, -0.25) is 4.79 Å². The second-order valence-electron chi connectivity index (χ2n) is 8.15. The molecule has 128 valence electrons. The molecule has 1 aliphatic carbocycles. The third-order valence-electron chi connectivity index (χ3n) is 4.34. The number of ether oxygens (including phenoxy) is 1. The SMILES string of the molecule is CCOC(=O)CC1(O)C=C(CC(C)CCCC(C)(C)C)CC1. The Labute approximate surface area is 136 Å². The quantitative estimate of drug-likeness (QED) is 0.525. The lowest BCUT2D eigenvalue weighted by molar-refractivity contribution is -0.147. The van der Waals surface area contributed by atoms with Crippen LogP contribution in [0.2, 0.25) is 0 Å². The highest BCUT2D eigenvalue weighted by molar-refractivity contribution is 5.71. The summed E-state index contributed by atoms with van der Waals surface area (Å²) in [5.41, 5.74) is 0.730. The van der Waals surface area contributed by atoms with Gasteiger partial charge in [0.2, 0.25) is 0 Å². The molecule has 1 rings (SSSR count).